The van der Waals surface area contributed by atoms with Gasteiger partial charge in [0.15, 0.2) is 11.8 Å². The summed E-state index contributed by atoms with van der Waals surface area (Å²) in [6, 6.07) is 8.37. The molecule has 0 spiro atoms. The topological polar surface area (TPSA) is 15.4 Å². The number of benzene rings is 1. The summed E-state index contributed by atoms with van der Waals surface area (Å²) in [4.78, 5) is 4.32. The molecule has 0 atom stereocenters. The highest BCUT2D eigenvalue weighted by atomic mass is 79.9. The largest absolute Gasteiger partial charge is 0.287 e. The van der Waals surface area contributed by atoms with Crippen molar-refractivity contribution in [2.75, 3.05) is 0 Å². The zero-order valence-electron chi connectivity index (χ0n) is 9.65. The highest BCUT2D eigenvalue weighted by Gasteiger charge is 2.38. The molecule has 0 aliphatic carbocycles. The van der Waals surface area contributed by atoms with Crippen LogP contribution in [0.25, 0.3) is 0 Å². The van der Waals surface area contributed by atoms with Crippen LogP contribution < -0.4 is 0 Å². The van der Waals surface area contributed by atoms with Crippen molar-refractivity contribution in [2.24, 2.45) is 4.99 Å². The molecule has 1 heterocycles. The van der Waals surface area contributed by atoms with Gasteiger partial charge < -0.3 is 0 Å². The molecule has 0 saturated heterocycles. The minimum absolute atomic E-state index is 0.0633. The average molecular weight is 280 g/mol. The highest BCUT2D eigenvalue weighted by molar-refractivity contribution is 9.10. The second kappa shape index (κ2) is 4.50. The third-order valence-corrected chi connectivity index (χ3v) is 3.83. The Hall–Kier alpha value is -0.960. The summed E-state index contributed by atoms with van der Waals surface area (Å²) in [5, 5.41) is 0. The Labute approximate surface area is 105 Å². The molecule has 0 radical (unpaired) electrons. The van der Waals surface area contributed by atoms with Crippen molar-refractivity contribution in [3.05, 3.63) is 28.7 Å². The quantitative estimate of drug-likeness (QED) is 0.749. The molecule has 0 bridgehead atoms. The highest BCUT2D eigenvalue weighted by Crippen LogP contribution is 2.29. The van der Waals surface area contributed by atoms with Gasteiger partial charge in [-0.2, -0.15) is 0 Å². The van der Waals surface area contributed by atoms with Crippen LogP contribution in [0.1, 0.15) is 26.7 Å². The Morgan fingerprint density at radius 2 is 1.81 bits per heavy atom. The summed E-state index contributed by atoms with van der Waals surface area (Å²) in [5.74, 6) is 0. The van der Waals surface area contributed by atoms with E-state index in [-0.39, 0.29) is 5.54 Å². The molecule has 3 heteroatoms. The van der Waals surface area contributed by atoms with Crippen molar-refractivity contribution in [3.8, 4) is 0 Å². The molecule has 1 aliphatic rings. The van der Waals surface area contributed by atoms with Gasteiger partial charge in [0.2, 0.25) is 0 Å². The zero-order valence-corrected chi connectivity index (χ0v) is 11.2. The molecule has 1 aromatic rings. The van der Waals surface area contributed by atoms with Crippen LogP contribution in [0.3, 0.4) is 0 Å². The monoisotopic (exact) mass is 279 g/mol. The van der Waals surface area contributed by atoms with E-state index in [1.165, 1.54) is 5.69 Å². The lowest BCUT2D eigenvalue weighted by Crippen LogP contribution is -2.37. The van der Waals surface area contributed by atoms with Gasteiger partial charge in [0.05, 0.1) is 0 Å². The number of hydrogen-bond acceptors (Lipinski definition) is 1. The Morgan fingerprint density at radius 1 is 1.19 bits per heavy atom. The number of halogens is 1. The maximum atomic E-state index is 4.32. The summed E-state index contributed by atoms with van der Waals surface area (Å²) < 4.78 is 3.37. The number of hydrogen-bond donors (Lipinski definition) is 0. The van der Waals surface area contributed by atoms with E-state index in [1.54, 1.807) is 0 Å². The van der Waals surface area contributed by atoms with Gasteiger partial charge in [0.25, 0.3) is 6.34 Å². The fourth-order valence-electron chi connectivity index (χ4n) is 2.11. The second-order valence-electron chi connectivity index (χ2n) is 4.05. The van der Waals surface area contributed by atoms with Crippen LogP contribution in [0, 0.1) is 0 Å². The molecule has 0 fully saturated rings. The van der Waals surface area contributed by atoms with Crippen molar-refractivity contribution >= 4 is 34.2 Å². The third-order valence-electron chi connectivity index (χ3n) is 3.31. The van der Waals surface area contributed by atoms with E-state index in [0.29, 0.717) is 0 Å². The van der Waals surface area contributed by atoms with Crippen LogP contribution in [0.4, 0.5) is 5.69 Å². The number of aliphatic imine (C=N–C) groups is 1. The van der Waals surface area contributed by atoms with Crippen LogP contribution >= 0.6 is 15.9 Å². The summed E-state index contributed by atoms with van der Waals surface area (Å²) in [6.07, 6.45) is 6.13. The maximum Gasteiger partial charge on any atom is 0.287 e. The van der Waals surface area contributed by atoms with Crippen molar-refractivity contribution in [2.45, 2.75) is 32.2 Å². The van der Waals surface area contributed by atoms with Crippen LogP contribution in [-0.4, -0.2) is 22.7 Å². The summed E-state index contributed by atoms with van der Waals surface area (Å²) in [5.41, 5.74) is 1.26. The van der Waals surface area contributed by atoms with Crippen LogP contribution in [0.5, 0.6) is 0 Å². The first-order chi connectivity index (χ1) is 7.72. The molecule has 0 N–H and O–H groups in total. The number of rotatable bonds is 3. The van der Waals surface area contributed by atoms with Crippen LogP contribution in [0.15, 0.2) is 33.7 Å². The van der Waals surface area contributed by atoms with Gasteiger partial charge >= 0.3 is 0 Å². The Morgan fingerprint density at radius 3 is 2.38 bits per heavy atom. The minimum Gasteiger partial charge on any atom is -0.218 e. The first kappa shape index (κ1) is 11.5. The second-order valence-corrected chi connectivity index (χ2v) is 4.97. The van der Waals surface area contributed by atoms with E-state index in [1.807, 2.05) is 6.34 Å². The van der Waals surface area contributed by atoms with E-state index in [2.05, 4.69) is 69.8 Å². The molecule has 1 aliphatic heterocycles. The molecule has 16 heavy (non-hydrogen) atoms. The third kappa shape index (κ3) is 1.84. The summed E-state index contributed by atoms with van der Waals surface area (Å²) in [7, 11) is 0. The lowest BCUT2D eigenvalue weighted by atomic mass is 9.93. The lowest BCUT2D eigenvalue weighted by Gasteiger charge is -2.23. The smallest absolute Gasteiger partial charge is 0.218 e. The Kier molecular flexibility index (Phi) is 3.24. The van der Waals surface area contributed by atoms with E-state index in [4.69, 9.17) is 0 Å². The molecule has 84 valence electrons. The van der Waals surface area contributed by atoms with Crippen molar-refractivity contribution in [1.29, 1.82) is 0 Å². The fraction of sp³-hybridized carbons (Fsp3) is 0.385. The van der Waals surface area contributed by atoms with E-state index >= 15 is 0 Å². The normalized spacial score (nSPS) is 17.6. The molecule has 0 amide bonds. The van der Waals surface area contributed by atoms with Gasteiger partial charge in [0, 0.05) is 4.47 Å². The first-order valence-corrected chi connectivity index (χ1v) is 6.44. The van der Waals surface area contributed by atoms with Gasteiger partial charge in [-0.1, -0.05) is 34.8 Å². The molecule has 0 aromatic heterocycles. The molecule has 0 unspecified atom stereocenters. The van der Waals surface area contributed by atoms with E-state index in [9.17, 15) is 0 Å². The van der Waals surface area contributed by atoms with Crippen LogP contribution in [0.2, 0.25) is 0 Å². The summed E-state index contributed by atoms with van der Waals surface area (Å²) in [6.45, 7) is 4.42. The molecular formula is C13H16BrN2+. The predicted octanol–water partition coefficient (Wildman–Crippen LogP) is 3.76. The van der Waals surface area contributed by atoms with E-state index < -0.39 is 0 Å². The van der Waals surface area contributed by atoms with Crippen molar-refractivity contribution in [1.82, 2.24) is 0 Å². The molecule has 2 nitrogen and oxygen atoms in total. The average Bonchev–Trinajstić information content (AvgIpc) is 2.74. The molecule has 2 rings (SSSR count). The van der Waals surface area contributed by atoms with Gasteiger partial charge in [0.1, 0.15) is 5.69 Å². The van der Waals surface area contributed by atoms with Crippen molar-refractivity contribution in [3.63, 3.8) is 0 Å². The van der Waals surface area contributed by atoms with Crippen molar-refractivity contribution < 1.29 is 4.58 Å². The fourth-order valence-corrected chi connectivity index (χ4v) is 2.38. The predicted molar refractivity (Wildman–Crippen MR) is 71.9 cm³/mol. The Bertz CT molecular complexity index is 428. The standard InChI is InChI=1S/C13H16BrN2/c1-3-13(4-2)9-15-10-16(13)12-7-5-11(14)6-8-12/h5-10H,3-4H2,1-2H3/q+1. The van der Waals surface area contributed by atoms with E-state index in [0.717, 1.165) is 17.3 Å². The summed E-state index contributed by atoms with van der Waals surface area (Å²) >= 11 is 3.46. The van der Waals surface area contributed by atoms with Gasteiger partial charge in [-0.15, -0.1) is 0 Å². The van der Waals surface area contributed by atoms with Gasteiger partial charge in [-0.3, -0.25) is 0 Å². The van der Waals surface area contributed by atoms with Gasteiger partial charge in [-0.25, -0.2) is 4.58 Å². The lowest BCUT2D eigenvalue weighted by molar-refractivity contribution is -0.503. The van der Waals surface area contributed by atoms with Crippen LogP contribution in [-0.2, 0) is 0 Å². The zero-order chi connectivity index (χ0) is 11.6. The molecular weight excluding hydrogens is 264 g/mol. The molecule has 0 saturated carbocycles. The SMILES string of the molecule is CCC1(CC)C=NC=[N+]1c1ccc(Br)cc1. The first-order valence-electron chi connectivity index (χ1n) is 5.64. The minimum atomic E-state index is 0.0633. The maximum absolute atomic E-state index is 4.32. The molecule has 1 aromatic carbocycles. The number of nitrogens with zero attached hydrogens (tertiary/aromatic N) is 2. The Balaban J connectivity index is 2.38. The van der Waals surface area contributed by atoms with Gasteiger partial charge in [-0.05, 0) is 37.1 Å².